The SMILES string of the molecule is CCC1NC2C=CC=CC2N1C1NC2=C(NC(OC3CN(C(=O)C(C)(C)CN=O)C3)N2)C(N2CCOCC2)N1. The lowest BCUT2D eigenvalue weighted by Gasteiger charge is -2.45. The highest BCUT2D eigenvalue weighted by Crippen LogP contribution is 2.30. The molecule has 0 saturated carbocycles. The van der Waals surface area contributed by atoms with E-state index in [0.29, 0.717) is 26.3 Å². The Labute approximate surface area is 229 Å². The first kappa shape index (κ1) is 26.7. The summed E-state index contributed by atoms with van der Waals surface area (Å²) in [4.78, 5) is 30.1. The van der Waals surface area contributed by atoms with Crippen molar-refractivity contribution >= 4 is 5.91 Å². The Bertz CT molecular complexity index is 1040. The minimum Gasteiger partial charge on any atom is -0.379 e. The summed E-state index contributed by atoms with van der Waals surface area (Å²) in [6, 6.07) is 0.527. The maximum atomic E-state index is 12.7. The molecule has 6 aliphatic rings. The number of hydrogen-bond donors (Lipinski definition) is 5. The van der Waals surface area contributed by atoms with Gasteiger partial charge in [0.15, 0.2) is 0 Å². The normalized spacial score (nSPS) is 35.1. The number of nitrogens with zero attached hydrogens (tertiary/aromatic N) is 4. The zero-order valence-corrected chi connectivity index (χ0v) is 22.9. The summed E-state index contributed by atoms with van der Waals surface area (Å²) >= 11 is 0. The summed E-state index contributed by atoms with van der Waals surface area (Å²) in [5, 5.41) is 21.3. The lowest BCUT2D eigenvalue weighted by molar-refractivity contribution is -0.160. The predicted octanol–water partition coefficient (Wildman–Crippen LogP) is -0.709. The van der Waals surface area contributed by atoms with Crippen LogP contribution < -0.4 is 26.6 Å². The molecule has 5 aliphatic heterocycles. The number of ether oxygens (including phenoxy) is 2. The van der Waals surface area contributed by atoms with Crippen molar-refractivity contribution in [2.45, 2.75) is 70.4 Å². The van der Waals surface area contributed by atoms with E-state index in [2.05, 4.69) is 72.8 Å². The van der Waals surface area contributed by atoms with Crippen LogP contribution in [-0.2, 0) is 14.3 Å². The first-order chi connectivity index (χ1) is 18.9. The Morgan fingerprint density at radius 3 is 2.64 bits per heavy atom. The fraction of sp³-hybridized carbons (Fsp3) is 0.731. The van der Waals surface area contributed by atoms with Crippen LogP contribution in [0.15, 0.2) is 41.0 Å². The third kappa shape index (κ3) is 5.07. The summed E-state index contributed by atoms with van der Waals surface area (Å²) in [5.41, 5.74) is 0.232. The van der Waals surface area contributed by atoms with E-state index in [0.717, 1.165) is 31.0 Å². The van der Waals surface area contributed by atoms with Crippen molar-refractivity contribution < 1.29 is 14.3 Å². The van der Waals surface area contributed by atoms with Crippen LogP contribution >= 0.6 is 0 Å². The molecule has 6 atom stereocenters. The standard InChI is InChI=1S/C26H41N9O4/c1-4-19-28-17-7-5-6-8-18(17)35(19)24-30-21-20(22(32-24)33-9-11-38-12-10-33)29-25(31-21)39-16-13-34(14-16)23(36)26(2,3)15-27-37/h5-8,16-19,22,24-25,28-32H,4,9-15H2,1-3H3. The van der Waals surface area contributed by atoms with Crippen LogP contribution in [0.4, 0.5) is 0 Å². The van der Waals surface area contributed by atoms with Gasteiger partial charge in [0.05, 0.1) is 49.2 Å². The number of likely N-dealkylation sites (tertiary alicyclic amines) is 1. The Balaban J connectivity index is 1.13. The van der Waals surface area contributed by atoms with Gasteiger partial charge in [-0.2, -0.15) is 4.91 Å². The topological polar surface area (TPSA) is 135 Å². The lowest BCUT2D eigenvalue weighted by atomic mass is 9.90. The smallest absolute Gasteiger partial charge is 0.230 e. The van der Waals surface area contributed by atoms with Crippen molar-refractivity contribution in [1.29, 1.82) is 0 Å². The van der Waals surface area contributed by atoms with E-state index in [-0.39, 0.29) is 49.3 Å². The largest absolute Gasteiger partial charge is 0.379 e. The molecule has 6 unspecified atom stereocenters. The van der Waals surface area contributed by atoms with Gasteiger partial charge in [0, 0.05) is 32.2 Å². The molecule has 0 aromatic carbocycles. The fourth-order valence-corrected chi connectivity index (χ4v) is 6.33. The van der Waals surface area contributed by atoms with Crippen LogP contribution in [0.1, 0.15) is 27.2 Å². The minimum atomic E-state index is -0.795. The first-order valence-corrected chi connectivity index (χ1v) is 14.1. The highest BCUT2D eigenvalue weighted by molar-refractivity contribution is 5.83. The molecule has 0 aromatic heterocycles. The van der Waals surface area contributed by atoms with Gasteiger partial charge in [-0.05, 0) is 20.3 Å². The van der Waals surface area contributed by atoms with E-state index in [1.54, 1.807) is 18.7 Å². The molecule has 0 spiro atoms. The van der Waals surface area contributed by atoms with Crippen LogP contribution in [0.5, 0.6) is 0 Å². The predicted molar refractivity (Wildman–Crippen MR) is 144 cm³/mol. The van der Waals surface area contributed by atoms with Gasteiger partial charge in [0.25, 0.3) is 0 Å². The molecule has 6 rings (SSSR count). The molecule has 5 N–H and O–H groups in total. The number of rotatable bonds is 8. The van der Waals surface area contributed by atoms with Crippen LogP contribution in [0, 0.1) is 10.3 Å². The van der Waals surface area contributed by atoms with Gasteiger partial charge in [-0.15, -0.1) is 0 Å². The summed E-state index contributed by atoms with van der Waals surface area (Å²) in [7, 11) is 0. The molecule has 3 saturated heterocycles. The zero-order valence-electron chi connectivity index (χ0n) is 22.9. The third-order valence-electron chi connectivity index (χ3n) is 8.49. The molecule has 1 amide bonds. The Hall–Kier alpha value is -2.55. The van der Waals surface area contributed by atoms with Crippen LogP contribution in [0.3, 0.4) is 0 Å². The number of nitroso groups, excluding NO2 is 1. The second-order valence-corrected chi connectivity index (χ2v) is 11.7. The van der Waals surface area contributed by atoms with Crippen molar-refractivity contribution in [3.8, 4) is 0 Å². The number of nitrogens with one attached hydrogen (secondary N) is 5. The third-order valence-corrected chi connectivity index (χ3v) is 8.49. The maximum Gasteiger partial charge on any atom is 0.230 e. The van der Waals surface area contributed by atoms with E-state index in [1.165, 1.54) is 0 Å². The van der Waals surface area contributed by atoms with E-state index < -0.39 is 11.8 Å². The van der Waals surface area contributed by atoms with Crippen molar-refractivity contribution in [3.05, 3.63) is 40.7 Å². The number of carbonyl (C=O) groups is 1. The molecule has 0 bridgehead atoms. The molecule has 3 fully saturated rings. The van der Waals surface area contributed by atoms with E-state index in [1.807, 2.05) is 0 Å². The molecule has 1 aliphatic carbocycles. The molecule has 39 heavy (non-hydrogen) atoms. The second kappa shape index (κ2) is 10.8. The van der Waals surface area contributed by atoms with Crippen LogP contribution in [0.2, 0.25) is 0 Å². The Morgan fingerprint density at radius 1 is 1.13 bits per heavy atom. The van der Waals surface area contributed by atoms with Gasteiger partial charge >= 0.3 is 0 Å². The average Bonchev–Trinajstić information content (AvgIpc) is 3.50. The number of fused-ring (bicyclic) bond motifs is 1. The molecule has 0 radical (unpaired) electrons. The summed E-state index contributed by atoms with van der Waals surface area (Å²) in [6.45, 7) is 9.76. The van der Waals surface area contributed by atoms with Crippen LogP contribution in [-0.4, -0.2) is 110 Å². The Morgan fingerprint density at radius 2 is 1.90 bits per heavy atom. The van der Waals surface area contributed by atoms with Gasteiger partial charge in [-0.25, -0.2) is 4.90 Å². The monoisotopic (exact) mass is 543 g/mol. The minimum absolute atomic E-state index is 0.0297. The summed E-state index contributed by atoms with van der Waals surface area (Å²) < 4.78 is 12.0. The highest BCUT2D eigenvalue weighted by atomic mass is 16.5. The summed E-state index contributed by atoms with van der Waals surface area (Å²) in [6.07, 6.45) is 9.31. The van der Waals surface area contributed by atoms with Gasteiger partial charge in [-0.1, -0.05) is 36.4 Å². The van der Waals surface area contributed by atoms with Gasteiger partial charge in [0.1, 0.15) is 18.3 Å². The second-order valence-electron chi connectivity index (χ2n) is 11.7. The lowest BCUT2D eigenvalue weighted by Crippen LogP contribution is -2.68. The Kier molecular flexibility index (Phi) is 7.37. The zero-order chi connectivity index (χ0) is 27.1. The quantitative estimate of drug-likeness (QED) is 0.249. The number of carbonyl (C=O) groups excluding carboxylic acids is 1. The molecule has 13 nitrogen and oxygen atoms in total. The van der Waals surface area contributed by atoms with Gasteiger partial charge in [-0.3, -0.25) is 20.3 Å². The fourth-order valence-electron chi connectivity index (χ4n) is 6.33. The van der Waals surface area contributed by atoms with E-state index >= 15 is 0 Å². The number of allylic oxidation sites excluding steroid dienone is 2. The first-order valence-electron chi connectivity index (χ1n) is 14.1. The molecular formula is C26H41N9O4. The molecular weight excluding hydrogens is 502 g/mol. The number of morpholine rings is 1. The molecule has 5 heterocycles. The van der Waals surface area contributed by atoms with Gasteiger partial charge in [0.2, 0.25) is 12.3 Å². The van der Waals surface area contributed by atoms with Crippen molar-refractivity contribution in [2.75, 3.05) is 45.9 Å². The maximum absolute atomic E-state index is 12.7. The number of amides is 1. The molecule has 13 heteroatoms. The van der Waals surface area contributed by atoms with Crippen molar-refractivity contribution in [3.63, 3.8) is 0 Å². The highest BCUT2D eigenvalue weighted by Gasteiger charge is 2.48. The number of hydrogen-bond acceptors (Lipinski definition) is 12. The van der Waals surface area contributed by atoms with Crippen LogP contribution in [0.25, 0.3) is 0 Å². The van der Waals surface area contributed by atoms with E-state index in [9.17, 15) is 9.70 Å². The van der Waals surface area contributed by atoms with Gasteiger partial charge < -0.3 is 30.3 Å². The van der Waals surface area contributed by atoms with Crippen molar-refractivity contribution in [2.24, 2.45) is 10.6 Å². The van der Waals surface area contributed by atoms with Crippen molar-refractivity contribution in [1.82, 2.24) is 41.3 Å². The summed E-state index contributed by atoms with van der Waals surface area (Å²) in [5.74, 6) is 0.863. The average molecular weight is 544 g/mol. The molecule has 214 valence electrons. The van der Waals surface area contributed by atoms with E-state index in [4.69, 9.17) is 9.47 Å². The molecule has 0 aromatic rings.